The lowest BCUT2D eigenvalue weighted by atomic mass is 10.0. The van der Waals surface area contributed by atoms with Crippen LogP contribution in [0.3, 0.4) is 0 Å². The lowest BCUT2D eigenvalue weighted by Gasteiger charge is -2.21. The minimum Gasteiger partial charge on any atom is -0.462 e. The number of allylic oxidation sites excluding steroid dienone is 10. The Morgan fingerprint density at radius 1 is 0.292 bits per heavy atom. The number of aliphatic hydroxyl groups excluding tert-OH is 1. The Kier molecular flexibility index (Phi) is 67.8. The van der Waals surface area contributed by atoms with E-state index in [1.54, 1.807) is 0 Å². The van der Waals surface area contributed by atoms with Crippen molar-refractivity contribution < 1.29 is 80.2 Å². The van der Waals surface area contributed by atoms with Crippen LogP contribution in [-0.4, -0.2) is 96.7 Å². The van der Waals surface area contributed by atoms with Gasteiger partial charge in [0.15, 0.2) is 12.2 Å². The highest BCUT2D eigenvalue weighted by Crippen LogP contribution is 2.45. The number of carbonyl (C=O) groups is 4. The van der Waals surface area contributed by atoms with E-state index >= 15 is 0 Å². The molecule has 0 saturated heterocycles. The minimum atomic E-state index is -4.97. The molecule has 0 aliphatic rings. The number of hydrogen-bond acceptors (Lipinski definition) is 15. The quantitative estimate of drug-likeness (QED) is 0.0169. The summed E-state index contributed by atoms with van der Waals surface area (Å²) in [5.41, 5.74) is 0. The van der Waals surface area contributed by atoms with Gasteiger partial charge in [-0.15, -0.1) is 0 Å². The van der Waals surface area contributed by atoms with Crippen LogP contribution in [0.5, 0.6) is 0 Å². The average molecular weight is 1400 g/mol. The molecule has 96 heavy (non-hydrogen) atoms. The van der Waals surface area contributed by atoms with Gasteiger partial charge < -0.3 is 33.8 Å². The van der Waals surface area contributed by atoms with Gasteiger partial charge in [0.25, 0.3) is 0 Å². The van der Waals surface area contributed by atoms with Crippen LogP contribution in [0.1, 0.15) is 349 Å². The molecule has 0 radical (unpaired) electrons. The number of carbonyl (C=O) groups excluding carboxylic acids is 4. The Morgan fingerprint density at radius 2 is 0.531 bits per heavy atom. The fourth-order valence-electron chi connectivity index (χ4n) is 10.6. The Balaban J connectivity index is 5.28. The lowest BCUT2D eigenvalue weighted by Crippen LogP contribution is -2.30. The number of esters is 4. The van der Waals surface area contributed by atoms with Gasteiger partial charge in [0.05, 0.1) is 26.4 Å². The molecule has 0 heterocycles. The Labute approximate surface area is 584 Å². The van der Waals surface area contributed by atoms with Crippen molar-refractivity contribution in [3.05, 3.63) is 60.8 Å². The number of hydrogen-bond donors (Lipinski definition) is 3. The summed E-state index contributed by atoms with van der Waals surface area (Å²) in [5.74, 6) is -2.17. The summed E-state index contributed by atoms with van der Waals surface area (Å²) >= 11 is 0. The fraction of sp³-hybridized carbons (Fsp3) is 0.818. The molecule has 0 spiro atoms. The van der Waals surface area contributed by atoms with Gasteiger partial charge in [0.1, 0.15) is 19.3 Å². The zero-order chi connectivity index (χ0) is 70.4. The van der Waals surface area contributed by atoms with E-state index in [2.05, 4.69) is 88.5 Å². The van der Waals surface area contributed by atoms with E-state index in [1.807, 2.05) is 0 Å². The van der Waals surface area contributed by atoms with Crippen LogP contribution < -0.4 is 0 Å². The molecular formula is C77H140O17P2. The fourth-order valence-corrected chi connectivity index (χ4v) is 12.1. The van der Waals surface area contributed by atoms with Crippen LogP contribution >= 0.6 is 15.6 Å². The molecule has 3 N–H and O–H groups in total. The number of phosphoric ester groups is 2. The first-order chi connectivity index (χ1) is 46.7. The second kappa shape index (κ2) is 70.2. The van der Waals surface area contributed by atoms with E-state index < -0.39 is 97.5 Å². The van der Waals surface area contributed by atoms with E-state index in [0.717, 1.165) is 161 Å². The van der Waals surface area contributed by atoms with E-state index in [1.165, 1.54) is 109 Å². The molecule has 0 rings (SSSR count). The van der Waals surface area contributed by atoms with Crippen LogP contribution in [0.15, 0.2) is 60.8 Å². The largest absolute Gasteiger partial charge is 0.472 e. The lowest BCUT2D eigenvalue weighted by molar-refractivity contribution is -0.161. The Hall–Kier alpha value is -3.24. The molecule has 0 saturated carbocycles. The third-order valence-corrected chi connectivity index (χ3v) is 18.4. The van der Waals surface area contributed by atoms with Crippen molar-refractivity contribution in [2.45, 2.75) is 367 Å². The van der Waals surface area contributed by atoms with Gasteiger partial charge in [0, 0.05) is 25.7 Å². The topological polar surface area (TPSA) is 237 Å². The molecule has 17 nitrogen and oxygen atoms in total. The molecular weight excluding hydrogens is 1260 g/mol. The highest BCUT2D eigenvalue weighted by Gasteiger charge is 2.30. The highest BCUT2D eigenvalue weighted by molar-refractivity contribution is 7.47. The molecule has 0 aliphatic carbocycles. The van der Waals surface area contributed by atoms with Crippen molar-refractivity contribution in [2.75, 3.05) is 39.6 Å². The van der Waals surface area contributed by atoms with E-state index in [-0.39, 0.29) is 25.7 Å². The second-order valence-electron chi connectivity index (χ2n) is 26.0. The average Bonchev–Trinajstić information content (AvgIpc) is 1.22. The smallest absolute Gasteiger partial charge is 0.462 e. The summed E-state index contributed by atoms with van der Waals surface area (Å²) in [6.07, 6.45) is 67.8. The Morgan fingerprint density at radius 3 is 0.844 bits per heavy atom. The highest BCUT2D eigenvalue weighted by atomic mass is 31.2. The number of rotatable bonds is 73. The summed E-state index contributed by atoms with van der Waals surface area (Å²) in [6.45, 7) is 4.80. The van der Waals surface area contributed by atoms with Gasteiger partial charge in [-0.2, -0.15) is 0 Å². The first kappa shape index (κ1) is 92.8. The van der Waals surface area contributed by atoms with E-state index in [4.69, 9.17) is 37.0 Å². The summed E-state index contributed by atoms with van der Waals surface area (Å²) < 4.78 is 68.4. The van der Waals surface area contributed by atoms with Crippen molar-refractivity contribution in [2.24, 2.45) is 0 Å². The van der Waals surface area contributed by atoms with Gasteiger partial charge in [0.2, 0.25) is 0 Å². The normalized spacial score (nSPS) is 14.3. The monoisotopic (exact) mass is 1400 g/mol. The third kappa shape index (κ3) is 69.2. The molecule has 0 fully saturated rings. The van der Waals surface area contributed by atoms with Crippen LogP contribution in [-0.2, 0) is 65.4 Å². The zero-order valence-corrected chi connectivity index (χ0v) is 62.8. The molecule has 0 aromatic carbocycles. The molecule has 0 bridgehead atoms. The van der Waals surface area contributed by atoms with Gasteiger partial charge in [-0.3, -0.25) is 37.3 Å². The molecule has 560 valence electrons. The second-order valence-corrected chi connectivity index (χ2v) is 28.9. The standard InChI is InChI=1S/C77H140O17P2/c1-5-9-13-17-21-25-29-32-33-34-35-36-37-40-43-46-50-54-58-62-75(80)88-68-73(94-77(82)64-60-56-52-48-44-39-31-27-23-19-15-11-7-3)70-92-96(85,86)90-66-71(78)65-89-95(83,84)91-69-72(93-76(81)63-59-55-51-47-41-28-24-20-16-12-8-4)67-87-74(79)61-57-53-49-45-42-38-30-26-22-18-14-10-6-2/h14,18,21,25-26,30,32-33,35-36,71-73,78H,5-13,15-17,19-20,22-24,27-29,31,34,37-70H2,1-4H3,(H,83,84)(H,85,86)/b18-14-,25-21-,30-26-,33-32-,36-35-. The predicted octanol–water partition coefficient (Wildman–Crippen LogP) is 21.9. The number of unbranched alkanes of at least 4 members (excludes halogenated alkanes) is 37. The minimum absolute atomic E-state index is 0.0978. The first-order valence-electron chi connectivity index (χ1n) is 38.5. The number of phosphoric acid groups is 2. The molecule has 5 unspecified atom stereocenters. The number of ether oxygens (including phenoxy) is 4. The summed E-state index contributed by atoms with van der Waals surface area (Å²) in [5, 5.41) is 10.6. The van der Waals surface area contributed by atoms with Crippen LogP contribution in [0, 0.1) is 0 Å². The van der Waals surface area contributed by atoms with Crippen molar-refractivity contribution in [1.82, 2.24) is 0 Å². The first-order valence-corrected chi connectivity index (χ1v) is 41.5. The molecule has 0 aromatic heterocycles. The van der Waals surface area contributed by atoms with Crippen LogP contribution in [0.4, 0.5) is 0 Å². The van der Waals surface area contributed by atoms with Crippen molar-refractivity contribution in [1.29, 1.82) is 0 Å². The van der Waals surface area contributed by atoms with E-state index in [0.29, 0.717) is 25.7 Å². The molecule has 0 aliphatic heterocycles. The van der Waals surface area contributed by atoms with Crippen LogP contribution in [0.2, 0.25) is 0 Å². The van der Waals surface area contributed by atoms with E-state index in [9.17, 15) is 43.2 Å². The maximum absolute atomic E-state index is 13.1. The maximum Gasteiger partial charge on any atom is 0.472 e. The zero-order valence-electron chi connectivity index (χ0n) is 61.1. The SMILES string of the molecule is CCC/C=C\C/C=C\CCCCCCCC(=O)OCC(COP(=O)(O)OCC(O)COP(=O)(O)OCC(COC(=O)CCCCCCCC/C=C\C/C=C\C/C=C\CCCCC)OC(=O)CCCCCCCCCCCCCCC)OC(=O)CCCCCCCCCCCCC. The molecule has 0 aromatic rings. The predicted molar refractivity (Wildman–Crippen MR) is 390 cm³/mol. The maximum atomic E-state index is 13.1. The molecule has 19 heteroatoms. The van der Waals surface area contributed by atoms with Gasteiger partial charge in [-0.1, -0.05) is 294 Å². The van der Waals surface area contributed by atoms with Gasteiger partial charge in [-0.05, 0) is 89.9 Å². The van der Waals surface area contributed by atoms with Gasteiger partial charge >= 0.3 is 39.5 Å². The van der Waals surface area contributed by atoms with Crippen molar-refractivity contribution in [3.8, 4) is 0 Å². The van der Waals surface area contributed by atoms with Gasteiger partial charge in [-0.25, -0.2) is 9.13 Å². The Bertz CT molecular complexity index is 2060. The van der Waals surface area contributed by atoms with Crippen LogP contribution in [0.25, 0.3) is 0 Å². The molecule has 5 atom stereocenters. The summed E-state index contributed by atoms with van der Waals surface area (Å²) in [4.78, 5) is 72.8. The van der Waals surface area contributed by atoms with Crippen molar-refractivity contribution in [3.63, 3.8) is 0 Å². The molecule has 0 amide bonds. The summed E-state index contributed by atoms with van der Waals surface area (Å²) in [7, 11) is -9.93. The number of aliphatic hydroxyl groups is 1. The summed E-state index contributed by atoms with van der Waals surface area (Å²) in [6, 6.07) is 0. The third-order valence-electron chi connectivity index (χ3n) is 16.5. The van der Waals surface area contributed by atoms with Crippen molar-refractivity contribution >= 4 is 39.5 Å².